The summed E-state index contributed by atoms with van der Waals surface area (Å²) in [7, 11) is 1.58. The van der Waals surface area contributed by atoms with Crippen molar-refractivity contribution in [1.82, 2.24) is 0 Å². The highest BCUT2D eigenvalue weighted by atomic mass is 35.5. The summed E-state index contributed by atoms with van der Waals surface area (Å²) in [5, 5.41) is 0.555. The maximum Gasteiger partial charge on any atom is 0.140 e. The van der Waals surface area contributed by atoms with Gasteiger partial charge in [-0.1, -0.05) is 38.4 Å². The van der Waals surface area contributed by atoms with Crippen LogP contribution in [0.25, 0.3) is 0 Å². The van der Waals surface area contributed by atoms with Crippen molar-refractivity contribution < 1.29 is 9.53 Å². The molecule has 0 N–H and O–H groups in total. The average molecular weight is 255 g/mol. The van der Waals surface area contributed by atoms with Crippen molar-refractivity contribution in [3.63, 3.8) is 0 Å². The summed E-state index contributed by atoms with van der Waals surface area (Å²) in [6.07, 6.45) is 0.548. The van der Waals surface area contributed by atoms with Crippen LogP contribution in [-0.2, 0) is 4.79 Å². The van der Waals surface area contributed by atoms with Crippen LogP contribution < -0.4 is 4.74 Å². The molecular formula is C14H19ClO2. The van der Waals surface area contributed by atoms with E-state index in [2.05, 4.69) is 13.8 Å². The molecule has 2 nitrogen and oxygen atoms in total. The smallest absolute Gasteiger partial charge is 0.140 e. The molecule has 0 amide bonds. The van der Waals surface area contributed by atoms with Crippen molar-refractivity contribution in [2.45, 2.75) is 33.1 Å². The Bertz CT molecular complexity index is 399. The summed E-state index contributed by atoms with van der Waals surface area (Å²) in [5.74, 6) is 1.08. The number of benzene rings is 1. The molecule has 94 valence electrons. The monoisotopic (exact) mass is 254 g/mol. The number of carbonyl (C=O) groups excluding carboxylic acids is 1. The molecule has 0 spiro atoms. The molecule has 0 aromatic heterocycles. The summed E-state index contributed by atoms with van der Waals surface area (Å²) < 4.78 is 5.11. The fourth-order valence-electron chi connectivity index (χ4n) is 2.04. The Balaban J connectivity index is 3.11. The molecule has 1 atom stereocenters. The van der Waals surface area contributed by atoms with Gasteiger partial charge < -0.3 is 4.74 Å². The minimum Gasteiger partial charge on any atom is -0.495 e. The van der Waals surface area contributed by atoms with Gasteiger partial charge in [0.15, 0.2) is 0 Å². The van der Waals surface area contributed by atoms with Gasteiger partial charge in [-0.05, 0) is 23.6 Å². The first-order valence-corrected chi connectivity index (χ1v) is 6.25. The van der Waals surface area contributed by atoms with Gasteiger partial charge in [0.2, 0.25) is 0 Å². The van der Waals surface area contributed by atoms with Gasteiger partial charge in [-0.15, -0.1) is 0 Å². The van der Waals surface area contributed by atoms with Crippen LogP contribution in [0.1, 0.15) is 38.7 Å². The number of ketones is 1. The summed E-state index contributed by atoms with van der Waals surface area (Å²) in [6.45, 7) is 6.00. The van der Waals surface area contributed by atoms with Crippen molar-refractivity contribution in [2.24, 2.45) is 5.92 Å². The van der Waals surface area contributed by atoms with Gasteiger partial charge in [-0.2, -0.15) is 0 Å². The molecular weight excluding hydrogens is 236 g/mol. The Hall–Kier alpha value is -1.02. The van der Waals surface area contributed by atoms with Crippen molar-refractivity contribution >= 4 is 17.4 Å². The maximum atomic E-state index is 11.9. The molecule has 1 aromatic rings. The first kappa shape index (κ1) is 14.0. The number of rotatable bonds is 5. The van der Waals surface area contributed by atoms with E-state index in [1.807, 2.05) is 25.1 Å². The molecule has 17 heavy (non-hydrogen) atoms. The molecule has 0 fully saturated rings. The van der Waals surface area contributed by atoms with Crippen LogP contribution >= 0.6 is 11.6 Å². The third-order valence-electron chi connectivity index (χ3n) is 2.90. The zero-order valence-electron chi connectivity index (χ0n) is 10.8. The normalized spacial score (nSPS) is 12.6. The minimum atomic E-state index is -0.0802. The summed E-state index contributed by atoms with van der Waals surface area (Å²) in [5.41, 5.74) is 0.970. The number of carbonyl (C=O) groups is 1. The highest BCUT2D eigenvalue weighted by Gasteiger charge is 2.23. The lowest BCUT2D eigenvalue weighted by Gasteiger charge is -2.20. The number of hydrogen-bond acceptors (Lipinski definition) is 2. The molecule has 0 bridgehead atoms. The molecule has 3 heteroatoms. The van der Waals surface area contributed by atoms with Crippen molar-refractivity contribution in [3.8, 4) is 5.75 Å². The lowest BCUT2D eigenvalue weighted by atomic mass is 9.84. The van der Waals surface area contributed by atoms with E-state index < -0.39 is 0 Å². The highest BCUT2D eigenvalue weighted by Crippen LogP contribution is 2.32. The van der Waals surface area contributed by atoms with Gasteiger partial charge in [-0.3, -0.25) is 4.79 Å². The van der Waals surface area contributed by atoms with Crippen LogP contribution in [-0.4, -0.2) is 12.9 Å². The first-order valence-electron chi connectivity index (χ1n) is 5.87. The van der Waals surface area contributed by atoms with Crippen LogP contribution in [0.4, 0.5) is 0 Å². The predicted octanol–water partition coefficient (Wildman–Crippen LogP) is 4.07. The second kappa shape index (κ2) is 6.06. The van der Waals surface area contributed by atoms with E-state index in [1.165, 1.54) is 0 Å². The Kier molecular flexibility index (Phi) is 5.01. The number of Topliss-reactive ketones (excluding diaryl/α,β-unsaturated/α-hetero) is 1. The van der Waals surface area contributed by atoms with E-state index in [-0.39, 0.29) is 17.6 Å². The molecule has 1 unspecified atom stereocenters. The Labute approximate surface area is 108 Å². The molecule has 1 aromatic carbocycles. The lowest BCUT2D eigenvalue weighted by molar-refractivity contribution is -0.121. The third kappa shape index (κ3) is 3.22. The van der Waals surface area contributed by atoms with E-state index >= 15 is 0 Å². The van der Waals surface area contributed by atoms with Crippen LogP contribution in [0.2, 0.25) is 5.02 Å². The second-order valence-electron chi connectivity index (χ2n) is 4.44. The van der Waals surface area contributed by atoms with Crippen molar-refractivity contribution in [1.29, 1.82) is 0 Å². The van der Waals surface area contributed by atoms with Gasteiger partial charge in [0.1, 0.15) is 11.5 Å². The molecule has 0 aliphatic carbocycles. The fraction of sp³-hybridized carbons (Fsp3) is 0.500. The van der Waals surface area contributed by atoms with Crippen molar-refractivity contribution in [2.75, 3.05) is 7.11 Å². The summed E-state index contributed by atoms with van der Waals surface area (Å²) >= 11 is 6.09. The SMILES string of the molecule is CCC(=O)C(c1ccc(OC)c(Cl)c1)C(C)C. The molecule has 0 aliphatic heterocycles. The molecule has 0 aliphatic rings. The highest BCUT2D eigenvalue weighted by molar-refractivity contribution is 6.32. The van der Waals surface area contributed by atoms with Crippen LogP contribution in [0.5, 0.6) is 5.75 Å². The van der Waals surface area contributed by atoms with E-state index in [0.29, 0.717) is 17.2 Å². The quantitative estimate of drug-likeness (QED) is 0.792. The van der Waals surface area contributed by atoms with Crippen molar-refractivity contribution in [3.05, 3.63) is 28.8 Å². The number of ether oxygens (including phenoxy) is 1. The fourth-order valence-corrected chi connectivity index (χ4v) is 2.30. The molecule has 0 heterocycles. The van der Waals surface area contributed by atoms with Gasteiger partial charge in [-0.25, -0.2) is 0 Å². The molecule has 0 saturated carbocycles. The zero-order chi connectivity index (χ0) is 13.0. The number of methoxy groups -OCH3 is 1. The van der Waals surface area contributed by atoms with E-state index in [4.69, 9.17) is 16.3 Å². The first-order chi connectivity index (χ1) is 8.01. The molecule has 1 rings (SSSR count). The minimum absolute atomic E-state index is 0.0802. The Morgan fingerprint density at radius 2 is 2.06 bits per heavy atom. The standard InChI is InChI=1S/C14H19ClO2/c1-5-12(16)14(9(2)3)10-6-7-13(17-4)11(15)8-10/h6-9,14H,5H2,1-4H3. The molecule has 0 radical (unpaired) electrons. The predicted molar refractivity (Wildman–Crippen MR) is 70.9 cm³/mol. The number of hydrogen-bond donors (Lipinski definition) is 0. The van der Waals surface area contributed by atoms with Gasteiger partial charge in [0.25, 0.3) is 0 Å². The van der Waals surface area contributed by atoms with E-state index in [0.717, 1.165) is 5.56 Å². The number of halogens is 1. The van der Waals surface area contributed by atoms with Crippen LogP contribution in [0, 0.1) is 5.92 Å². The summed E-state index contributed by atoms with van der Waals surface area (Å²) in [6, 6.07) is 5.57. The molecule has 0 saturated heterocycles. The van der Waals surface area contributed by atoms with E-state index in [1.54, 1.807) is 7.11 Å². The van der Waals surface area contributed by atoms with Gasteiger partial charge in [0, 0.05) is 12.3 Å². The van der Waals surface area contributed by atoms with Gasteiger partial charge >= 0.3 is 0 Å². The zero-order valence-corrected chi connectivity index (χ0v) is 11.5. The van der Waals surface area contributed by atoms with Crippen LogP contribution in [0.3, 0.4) is 0 Å². The topological polar surface area (TPSA) is 26.3 Å². The lowest BCUT2D eigenvalue weighted by Crippen LogP contribution is -2.17. The largest absolute Gasteiger partial charge is 0.495 e. The average Bonchev–Trinajstić information content (AvgIpc) is 2.28. The van der Waals surface area contributed by atoms with E-state index in [9.17, 15) is 4.79 Å². The Morgan fingerprint density at radius 1 is 1.41 bits per heavy atom. The second-order valence-corrected chi connectivity index (χ2v) is 4.84. The Morgan fingerprint density at radius 3 is 2.47 bits per heavy atom. The van der Waals surface area contributed by atoms with Gasteiger partial charge in [0.05, 0.1) is 12.1 Å². The maximum absolute atomic E-state index is 11.9. The summed E-state index contributed by atoms with van der Waals surface area (Å²) in [4.78, 5) is 11.9. The third-order valence-corrected chi connectivity index (χ3v) is 3.19. The van der Waals surface area contributed by atoms with Crippen LogP contribution in [0.15, 0.2) is 18.2 Å².